The van der Waals surface area contributed by atoms with E-state index in [0.29, 0.717) is 5.92 Å². The Morgan fingerprint density at radius 3 is 2.70 bits per heavy atom. The van der Waals surface area contributed by atoms with Gasteiger partial charge in [-0.25, -0.2) is 9.78 Å². The molecule has 1 aromatic heterocycles. The van der Waals surface area contributed by atoms with Crippen LogP contribution in [0.4, 0.5) is 4.79 Å². The first-order chi connectivity index (χ1) is 10.9. The molecule has 2 rings (SSSR count). The zero-order valence-electron chi connectivity index (χ0n) is 13.8. The van der Waals surface area contributed by atoms with E-state index in [-0.39, 0.29) is 18.4 Å². The van der Waals surface area contributed by atoms with E-state index >= 15 is 0 Å². The molecule has 1 saturated heterocycles. The highest BCUT2D eigenvalue weighted by Gasteiger charge is 2.22. The molecule has 2 atom stereocenters. The minimum atomic E-state index is -1.00. The molecule has 0 aromatic carbocycles. The Morgan fingerprint density at radius 1 is 1.57 bits per heavy atom. The fourth-order valence-electron chi connectivity index (χ4n) is 2.83. The van der Waals surface area contributed by atoms with Crippen molar-refractivity contribution in [3.8, 4) is 0 Å². The van der Waals surface area contributed by atoms with Crippen LogP contribution in [-0.2, 0) is 11.3 Å². The van der Waals surface area contributed by atoms with Gasteiger partial charge in [0.2, 0.25) is 0 Å². The van der Waals surface area contributed by atoms with Gasteiger partial charge in [0.1, 0.15) is 0 Å². The molecule has 1 aliphatic heterocycles. The van der Waals surface area contributed by atoms with E-state index in [1.807, 2.05) is 26.4 Å². The van der Waals surface area contributed by atoms with Crippen LogP contribution in [-0.4, -0.2) is 57.4 Å². The van der Waals surface area contributed by atoms with E-state index in [4.69, 9.17) is 15.0 Å². The van der Waals surface area contributed by atoms with Crippen molar-refractivity contribution in [3.05, 3.63) is 18.2 Å². The van der Waals surface area contributed by atoms with Crippen LogP contribution in [0.3, 0.4) is 0 Å². The lowest BCUT2D eigenvalue weighted by atomic mass is 10.0. The molecule has 1 fully saturated rings. The van der Waals surface area contributed by atoms with Gasteiger partial charge in [-0.15, -0.1) is 0 Å². The predicted octanol–water partition coefficient (Wildman–Crippen LogP) is 1.50. The van der Waals surface area contributed by atoms with Crippen LogP contribution in [0.2, 0.25) is 0 Å². The molecule has 0 bridgehead atoms. The maximum Gasteiger partial charge on any atom is 0.405 e. The predicted molar refractivity (Wildman–Crippen MR) is 85.3 cm³/mol. The van der Waals surface area contributed by atoms with Crippen LogP contribution >= 0.6 is 0 Å². The summed E-state index contributed by atoms with van der Waals surface area (Å²) < 4.78 is 2.08. The number of hydrogen-bond donors (Lipinski definition) is 3. The summed E-state index contributed by atoms with van der Waals surface area (Å²) in [5, 5.41) is 18.3. The summed E-state index contributed by atoms with van der Waals surface area (Å²) in [4.78, 5) is 25.9. The Kier molecular flexibility index (Phi) is 7.53. The zero-order chi connectivity index (χ0) is 17.4. The molecular weight excluding hydrogens is 300 g/mol. The first-order valence-corrected chi connectivity index (χ1v) is 7.64. The molecule has 3 N–H and O–H groups in total. The highest BCUT2D eigenvalue weighted by molar-refractivity contribution is 5.65. The lowest BCUT2D eigenvalue weighted by molar-refractivity contribution is -0.122. The van der Waals surface area contributed by atoms with Gasteiger partial charge in [0.05, 0.1) is 18.1 Å². The Balaban J connectivity index is 0.000000816. The van der Waals surface area contributed by atoms with Gasteiger partial charge in [0, 0.05) is 19.3 Å². The lowest BCUT2D eigenvalue weighted by Crippen LogP contribution is -2.30. The number of nitrogens with one attached hydrogen (secondary N) is 1. The Labute approximate surface area is 136 Å². The lowest BCUT2D eigenvalue weighted by Gasteiger charge is -2.18. The van der Waals surface area contributed by atoms with Gasteiger partial charge in [0.25, 0.3) is 6.47 Å². The standard InChI is InChI=1S/C14H24N4O2.CH2O2/c1-10(2)13(16-14(19)20)12-8-18(9-15-12)7-11-4-5-17(3)6-11;2-1-3/h8-11,13,16H,4-7H2,1-3H3,(H,19,20);1H,(H,2,3)/t11-,13?;/m1./s1. The quantitative estimate of drug-likeness (QED) is 0.708. The van der Waals surface area contributed by atoms with Gasteiger partial charge in [-0.3, -0.25) is 4.79 Å². The highest BCUT2D eigenvalue weighted by atomic mass is 16.4. The summed E-state index contributed by atoms with van der Waals surface area (Å²) in [6.07, 6.45) is 3.99. The number of nitrogens with zero attached hydrogens (tertiary/aromatic N) is 3. The average Bonchev–Trinajstić information content (AvgIpc) is 3.06. The number of carbonyl (C=O) groups is 2. The van der Waals surface area contributed by atoms with E-state index in [1.165, 1.54) is 6.42 Å². The molecule has 23 heavy (non-hydrogen) atoms. The summed E-state index contributed by atoms with van der Waals surface area (Å²) in [5.41, 5.74) is 0.800. The van der Waals surface area contributed by atoms with Crippen LogP contribution in [0.1, 0.15) is 32.0 Å². The van der Waals surface area contributed by atoms with Gasteiger partial charge < -0.3 is 25.0 Å². The fraction of sp³-hybridized carbons (Fsp3) is 0.667. The maximum absolute atomic E-state index is 10.9. The number of rotatable bonds is 5. The summed E-state index contributed by atoms with van der Waals surface area (Å²) in [6.45, 7) is 6.96. The Morgan fingerprint density at radius 2 is 2.22 bits per heavy atom. The second-order valence-electron chi connectivity index (χ2n) is 6.19. The van der Waals surface area contributed by atoms with Crippen LogP contribution < -0.4 is 5.32 Å². The first-order valence-electron chi connectivity index (χ1n) is 7.64. The minimum absolute atomic E-state index is 0.173. The third kappa shape index (κ3) is 6.27. The number of imidazole rings is 1. The normalized spacial score (nSPS) is 19.0. The molecular formula is C15H26N4O4. The molecule has 130 valence electrons. The van der Waals surface area contributed by atoms with Crippen molar-refractivity contribution in [2.24, 2.45) is 11.8 Å². The Bertz CT molecular complexity index is 503. The van der Waals surface area contributed by atoms with Gasteiger partial charge >= 0.3 is 6.09 Å². The van der Waals surface area contributed by atoms with Crippen molar-refractivity contribution in [1.29, 1.82) is 0 Å². The van der Waals surface area contributed by atoms with Crippen LogP contribution in [0, 0.1) is 11.8 Å². The third-order valence-electron chi connectivity index (χ3n) is 3.88. The molecule has 0 saturated carbocycles. The molecule has 1 aliphatic rings. The van der Waals surface area contributed by atoms with Gasteiger partial charge in [-0.05, 0) is 31.8 Å². The van der Waals surface area contributed by atoms with Crippen molar-refractivity contribution < 1.29 is 19.8 Å². The molecule has 1 amide bonds. The number of hydrogen-bond acceptors (Lipinski definition) is 4. The smallest absolute Gasteiger partial charge is 0.405 e. The second-order valence-corrected chi connectivity index (χ2v) is 6.19. The van der Waals surface area contributed by atoms with Crippen LogP contribution in [0.5, 0.6) is 0 Å². The largest absolute Gasteiger partial charge is 0.483 e. The number of aromatic nitrogens is 2. The van der Waals surface area contributed by atoms with E-state index in [1.54, 1.807) is 0 Å². The molecule has 2 heterocycles. The SMILES string of the molecule is CC(C)C(NC(=O)O)c1cn(C[C@@H]2CCN(C)C2)cn1.O=CO. The van der Waals surface area contributed by atoms with Crippen molar-refractivity contribution in [1.82, 2.24) is 19.8 Å². The summed E-state index contributed by atoms with van der Waals surface area (Å²) in [6, 6.07) is -0.250. The van der Waals surface area contributed by atoms with Gasteiger partial charge in [-0.2, -0.15) is 0 Å². The highest BCUT2D eigenvalue weighted by Crippen LogP contribution is 2.21. The third-order valence-corrected chi connectivity index (χ3v) is 3.88. The molecule has 8 nitrogen and oxygen atoms in total. The first kappa shape index (κ1) is 19.0. The molecule has 0 aliphatic carbocycles. The van der Waals surface area contributed by atoms with Crippen molar-refractivity contribution in [2.45, 2.75) is 32.9 Å². The van der Waals surface area contributed by atoms with E-state index < -0.39 is 6.09 Å². The Hall–Kier alpha value is -2.09. The van der Waals surface area contributed by atoms with E-state index in [2.05, 4.69) is 26.8 Å². The van der Waals surface area contributed by atoms with E-state index in [9.17, 15) is 4.79 Å². The van der Waals surface area contributed by atoms with Crippen molar-refractivity contribution in [3.63, 3.8) is 0 Å². The van der Waals surface area contributed by atoms with Crippen molar-refractivity contribution in [2.75, 3.05) is 20.1 Å². The number of carboxylic acid groups (broad SMARTS) is 2. The molecule has 0 spiro atoms. The van der Waals surface area contributed by atoms with Gasteiger partial charge in [0.15, 0.2) is 0 Å². The molecule has 1 aromatic rings. The van der Waals surface area contributed by atoms with Crippen LogP contribution in [0.15, 0.2) is 12.5 Å². The number of likely N-dealkylation sites (tertiary alicyclic amines) is 1. The summed E-state index contributed by atoms with van der Waals surface area (Å²) in [5.74, 6) is 0.832. The minimum Gasteiger partial charge on any atom is -0.483 e. The van der Waals surface area contributed by atoms with Crippen LogP contribution in [0.25, 0.3) is 0 Å². The molecule has 8 heteroatoms. The summed E-state index contributed by atoms with van der Waals surface area (Å²) in [7, 11) is 2.14. The van der Waals surface area contributed by atoms with E-state index in [0.717, 1.165) is 25.3 Å². The molecule has 1 unspecified atom stereocenters. The molecule has 0 radical (unpaired) electrons. The maximum atomic E-state index is 10.9. The average molecular weight is 326 g/mol. The van der Waals surface area contributed by atoms with Crippen molar-refractivity contribution >= 4 is 12.6 Å². The second kappa shape index (κ2) is 9.14. The zero-order valence-corrected chi connectivity index (χ0v) is 13.8. The van der Waals surface area contributed by atoms with Gasteiger partial charge in [-0.1, -0.05) is 13.8 Å². The summed E-state index contributed by atoms with van der Waals surface area (Å²) >= 11 is 0. The topological polar surface area (TPSA) is 108 Å². The number of amides is 1. The fourth-order valence-corrected chi connectivity index (χ4v) is 2.83. The monoisotopic (exact) mass is 326 g/mol.